The topological polar surface area (TPSA) is 107 Å². The highest BCUT2D eigenvalue weighted by atomic mass is 35.5. The molecule has 0 atom stereocenters. The van der Waals surface area contributed by atoms with E-state index in [9.17, 15) is 9.59 Å². The molecular weight excluding hydrogens is 390 g/mol. The number of rotatable bonds is 3. The normalized spacial score (nSPS) is 11.0. The van der Waals surface area contributed by atoms with E-state index in [-0.39, 0.29) is 11.1 Å². The minimum absolute atomic E-state index is 0.336. The van der Waals surface area contributed by atoms with E-state index in [2.05, 4.69) is 21.4 Å². The summed E-state index contributed by atoms with van der Waals surface area (Å²) in [5.41, 5.74) is 4.20. The van der Waals surface area contributed by atoms with Crippen molar-refractivity contribution >= 4 is 22.4 Å². The molecule has 0 aliphatic heterocycles. The van der Waals surface area contributed by atoms with Crippen LogP contribution < -0.4 is 11.1 Å². The molecule has 0 unspecified atom stereocenters. The van der Waals surface area contributed by atoms with E-state index in [0.717, 1.165) is 28.1 Å². The van der Waals surface area contributed by atoms with E-state index in [4.69, 9.17) is 16.9 Å². The first-order valence-electron chi connectivity index (χ1n) is 8.86. The van der Waals surface area contributed by atoms with Crippen LogP contribution >= 0.6 is 11.6 Å². The summed E-state index contributed by atoms with van der Waals surface area (Å²) in [5.74, 6) is 0. The van der Waals surface area contributed by atoms with E-state index < -0.39 is 0 Å². The molecule has 2 aromatic heterocycles. The number of hydrogen-bond acceptors (Lipinski definition) is 4. The van der Waals surface area contributed by atoms with E-state index in [1.54, 1.807) is 24.3 Å². The number of fused-ring (bicyclic) bond motifs is 1. The van der Waals surface area contributed by atoms with Crippen LogP contribution in [0.3, 0.4) is 0 Å². The van der Waals surface area contributed by atoms with Gasteiger partial charge >= 0.3 is 0 Å². The molecule has 0 fully saturated rings. The summed E-state index contributed by atoms with van der Waals surface area (Å²) < 4.78 is 1.85. The van der Waals surface area contributed by atoms with Crippen LogP contribution in [0.4, 0.5) is 0 Å². The van der Waals surface area contributed by atoms with E-state index in [1.807, 2.05) is 30.7 Å². The average molecular weight is 406 g/mol. The summed E-state index contributed by atoms with van der Waals surface area (Å²) in [7, 11) is 0. The van der Waals surface area contributed by atoms with Gasteiger partial charge in [0.25, 0.3) is 11.1 Å². The first-order chi connectivity index (χ1) is 13.9. The molecule has 2 N–H and O–H groups in total. The molecule has 0 saturated heterocycles. The summed E-state index contributed by atoms with van der Waals surface area (Å²) in [6.45, 7) is 4.31. The third kappa shape index (κ3) is 3.24. The fraction of sp³-hybridized carbons (Fsp3) is 0.143. The van der Waals surface area contributed by atoms with E-state index >= 15 is 0 Å². The van der Waals surface area contributed by atoms with Crippen molar-refractivity contribution in [1.29, 1.82) is 5.26 Å². The lowest BCUT2D eigenvalue weighted by molar-refractivity contribution is 0.659. The number of H-pyrrole nitrogens is 2. The number of nitriles is 1. The van der Waals surface area contributed by atoms with Crippen molar-refractivity contribution in [1.82, 2.24) is 20.0 Å². The van der Waals surface area contributed by atoms with Crippen molar-refractivity contribution in [2.75, 3.05) is 0 Å². The Morgan fingerprint density at radius 2 is 1.79 bits per heavy atom. The number of hydrogen-bond donors (Lipinski definition) is 2. The van der Waals surface area contributed by atoms with Crippen LogP contribution in [0, 0.1) is 25.2 Å². The molecule has 0 amide bonds. The van der Waals surface area contributed by atoms with Crippen LogP contribution in [0.5, 0.6) is 0 Å². The van der Waals surface area contributed by atoms with Crippen LogP contribution in [0.15, 0.2) is 46.0 Å². The second kappa shape index (κ2) is 7.08. The molecule has 0 saturated carbocycles. The molecule has 7 nitrogen and oxygen atoms in total. The van der Waals surface area contributed by atoms with Gasteiger partial charge in [-0.15, -0.1) is 0 Å². The zero-order valence-corrected chi connectivity index (χ0v) is 16.5. The highest BCUT2D eigenvalue weighted by molar-refractivity contribution is 6.32. The second-order valence-corrected chi connectivity index (χ2v) is 7.21. The highest BCUT2D eigenvalue weighted by Crippen LogP contribution is 2.30. The van der Waals surface area contributed by atoms with Crippen LogP contribution in [-0.4, -0.2) is 20.0 Å². The second-order valence-electron chi connectivity index (χ2n) is 6.80. The van der Waals surface area contributed by atoms with Gasteiger partial charge in [0, 0.05) is 11.3 Å². The standard InChI is InChI=1S/C21H16ClN5O2/c1-11-19(14-4-5-15(9-23)18(22)8-14)12(2)27(26-11)10-13-3-6-16-17(7-13)21(29)25-24-20(16)28/h3-8H,10H2,1-2H3,(H,24,28)(H,25,29). The Balaban J connectivity index is 1.76. The van der Waals surface area contributed by atoms with Crippen molar-refractivity contribution in [2.45, 2.75) is 20.4 Å². The maximum absolute atomic E-state index is 12.0. The molecule has 8 heteroatoms. The molecule has 0 bridgehead atoms. The summed E-state index contributed by atoms with van der Waals surface area (Å²) in [6.07, 6.45) is 0. The molecule has 2 heterocycles. The maximum Gasteiger partial charge on any atom is 0.270 e. The van der Waals surface area contributed by atoms with Gasteiger partial charge in [-0.1, -0.05) is 23.7 Å². The van der Waals surface area contributed by atoms with Crippen LogP contribution in [0.2, 0.25) is 5.02 Å². The fourth-order valence-corrected chi connectivity index (χ4v) is 3.75. The lowest BCUT2D eigenvalue weighted by Gasteiger charge is -2.08. The molecule has 0 radical (unpaired) electrons. The maximum atomic E-state index is 12.0. The lowest BCUT2D eigenvalue weighted by atomic mass is 10.0. The third-order valence-corrected chi connectivity index (χ3v) is 5.27. The lowest BCUT2D eigenvalue weighted by Crippen LogP contribution is -2.19. The summed E-state index contributed by atoms with van der Waals surface area (Å²) >= 11 is 6.19. The Bertz CT molecular complexity index is 1420. The Labute approximate surface area is 170 Å². The number of aromatic nitrogens is 4. The number of nitrogens with one attached hydrogen (secondary N) is 2. The number of aryl methyl sites for hydroxylation is 1. The Hall–Kier alpha value is -3.63. The molecule has 4 aromatic rings. The van der Waals surface area contributed by atoms with Crippen LogP contribution in [0.1, 0.15) is 22.5 Å². The summed E-state index contributed by atoms with van der Waals surface area (Å²) in [4.78, 5) is 23.9. The quantitative estimate of drug-likeness (QED) is 0.545. The Morgan fingerprint density at radius 3 is 2.48 bits per heavy atom. The van der Waals surface area contributed by atoms with Crippen molar-refractivity contribution < 1.29 is 0 Å². The largest absolute Gasteiger partial charge is 0.270 e. The molecule has 0 aliphatic rings. The zero-order valence-electron chi connectivity index (χ0n) is 15.7. The smallest absolute Gasteiger partial charge is 0.267 e. The van der Waals surface area contributed by atoms with Crippen molar-refractivity contribution in [3.8, 4) is 17.2 Å². The Kier molecular flexibility index (Phi) is 4.57. The monoisotopic (exact) mass is 405 g/mol. The third-order valence-electron chi connectivity index (χ3n) is 4.95. The predicted molar refractivity (Wildman–Crippen MR) is 111 cm³/mol. The van der Waals surface area contributed by atoms with Gasteiger partial charge in [-0.2, -0.15) is 10.4 Å². The van der Waals surface area contributed by atoms with Crippen molar-refractivity contribution in [3.63, 3.8) is 0 Å². The molecule has 0 spiro atoms. The van der Waals surface area contributed by atoms with Gasteiger partial charge in [0.2, 0.25) is 0 Å². The van der Waals surface area contributed by atoms with Crippen LogP contribution in [0.25, 0.3) is 21.9 Å². The zero-order chi connectivity index (χ0) is 20.7. The number of nitrogens with zero attached hydrogens (tertiary/aromatic N) is 3. The molecular formula is C21H16ClN5O2. The van der Waals surface area contributed by atoms with Crippen molar-refractivity contribution in [2.24, 2.45) is 0 Å². The molecule has 4 rings (SSSR count). The first-order valence-corrected chi connectivity index (χ1v) is 9.24. The van der Waals surface area contributed by atoms with Gasteiger partial charge < -0.3 is 0 Å². The van der Waals surface area contributed by atoms with Gasteiger partial charge in [0.05, 0.1) is 33.6 Å². The minimum atomic E-state index is -0.345. The van der Waals surface area contributed by atoms with E-state index in [0.29, 0.717) is 27.9 Å². The first kappa shape index (κ1) is 18.7. The number of halogens is 1. The van der Waals surface area contributed by atoms with Gasteiger partial charge in [-0.25, -0.2) is 0 Å². The molecule has 29 heavy (non-hydrogen) atoms. The number of aromatic amines is 2. The molecule has 0 aliphatic carbocycles. The minimum Gasteiger partial charge on any atom is -0.267 e. The highest BCUT2D eigenvalue weighted by Gasteiger charge is 2.15. The van der Waals surface area contributed by atoms with Gasteiger partial charge in [0.1, 0.15) is 6.07 Å². The molecule has 144 valence electrons. The fourth-order valence-electron chi connectivity index (χ4n) is 3.53. The van der Waals surface area contributed by atoms with E-state index in [1.165, 1.54) is 0 Å². The number of benzene rings is 2. The predicted octanol–water partition coefficient (Wildman–Crippen LogP) is 3.27. The molecule has 2 aromatic carbocycles. The van der Waals surface area contributed by atoms with Crippen molar-refractivity contribution in [3.05, 3.63) is 84.6 Å². The van der Waals surface area contributed by atoms with Gasteiger partial charge in [-0.3, -0.25) is 24.5 Å². The van der Waals surface area contributed by atoms with Gasteiger partial charge in [-0.05, 0) is 49.2 Å². The van der Waals surface area contributed by atoms with Crippen LogP contribution in [-0.2, 0) is 6.54 Å². The average Bonchev–Trinajstić information content (AvgIpc) is 2.98. The van der Waals surface area contributed by atoms with Gasteiger partial charge in [0.15, 0.2) is 0 Å². The summed E-state index contributed by atoms with van der Waals surface area (Å²) in [6, 6.07) is 12.5. The Morgan fingerprint density at radius 1 is 1.07 bits per heavy atom. The summed E-state index contributed by atoms with van der Waals surface area (Å²) in [5, 5.41) is 19.5. The SMILES string of the molecule is Cc1nn(Cc2ccc3c(=O)[nH][nH]c(=O)c3c2)c(C)c1-c1ccc(C#N)c(Cl)c1.